The van der Waals surface area contributed by atoms with E-state index in [-0.39, 0.29) is 11.8 Å². The number of thiophene rings is 1. The standard InChI is InChI=1S/C24H24N2O2S/c1-16-9-11-18(12-10-16)28-17(2)24(27)26-15-21(23-8-5-13-29-23)20-14-25-22-7-4-3-6-19(20)22/h3-14,17,21,25H,15H2,1-2H3,(H,26,27). The van der Waals surface area contributed by atoms with E-state index < -0.39 is 6.10 Å². The number of hydrogen-bond donors (Lipinski definition) is 2. The molecule has 1 amide bonds. The van der Waals surface area contributed by atoms with Gasteiger partial charge in [-0.15, -0.1) is 11.3 Å². The second-order valence-corrected chi connectivity index (χ2v) is 8.16. The smallest absolute Gasteiger partial charge is 0.260 e. The average molecular weight is 405 g/mol. The van der Waals surface area contributed by atoms with Crippen molar-refractivity contribution >= 4 is 28.1 Å². The summed E-state index contributed by atoms with van der Waals surface area (Å²) >= 11 is 1.71. The summed E-state index contributed by atoms with van der Waals surface area (Å²) in [5.41, 5.74) is 3.45. The number of ether oxygens (including phenoxy) is 1. The number of benzene rings is 2. The van der Waals surface area contributed by atoms with Crippen LogP contribution in [0.5, 0.6) is 5.75 Å². The van der Waals surface area contributed by atoms with E-state index in [0.717, 1.165) is 11.1 Å². The van der Waals surface area contributed by atoms with Crippen molar-refractivity contribution in [3.8, 4) is 5.75 Å². The van der Waals surface area contributed by atoms with Crippen molar-refractivity contribution in [1.82, 2.24) is 10.3 Å². The number of nitrogens with one attached hydrogen (secondary N) is 2. The number of aromatic nitrogens is 1. The van der Waals surface area contributed by atoms with Gasteiger partial charge in [0.1, 0.15) is 5.75 Å². The molecule has 2 unspecified atom stereocenters. The highest BCUT2D eigenvalue weighted by Crippen LogP contribution is 2.32. The van der Waals surface area contributed by atoms with Gasteiger partial charge >= 0.3 is 0 Å². The number of carbonyl (C=O) groups is 1. The van der Waals surface area contributed by atoms with Gasteiger partial charge in [0.2, 0.25) is 0 Å². The van der Waals surface area contributed by atoms with Crippen LogP contribution in [-0.4, -0.2) is 23.5 Å². The summed E-state index contributed by atoms with van der Waals surface area (Å²) in [5, 5.41) is 6.34. The first kappa shape index (κ1) is 19.3. The minimum atomic E-state index is -0.565. The second kappa shape index (κ2) is 8.53. The van der Waals surface area contributed by atoms with Crippen LogP contribution in [0.1, 0.15) is 28.8 Å². The molecule has 4 rings (SSSR count). The zero-order valence-electron chi connectivity index (χ0n) is 16.5. The highest BCUT2D eigenvalue weighted by Gasteiger charge is 2.22. The van der Waals surface area contributed by atoms with Gasteiger partial charge in [0.05, 0.1) is 0 Å². The monoisotopic (exact) mass is 404 g/mol. The van der Waals surface area contributed by atoms with Crippen molar-refractivity contribution in [3.63, 3.8) is 0 Å². The quantitative estimate of drug-likeness (QED) is 0.442. The Morgan fingerprint density at radius 1 is 1.10 bits per heavy atom. The van der Waals surface area contributed by atoms with Crippen molar-refractivity contribution in [1.29, 1.82) is 0 Å². The van der Waals surface area contributed by atoms with E-state index >= 15 is 0 Å². The first-order valence-electron chi connectivity index (χ1n) is 9.72. The van der Waals surface area contributed by atoms with E-state index in [0.29, 0.717) is 12.3 Å². The van der Waals surface area contributed by atoms with E-state index in [2.05, 4.69) is 33.9 Å². The molecule has 0 spiro atoms. The number of hydrogen-bond acceptors (Lipinski definition) is 3. The third-order valence-corrected chi connectivity index (χ3v) is 6.05. The summed E-state index contributed by atoms with van der Waals surface area (Å²) in [5.74, 6) is 0.665. The van der Waals surface area contributed by atoms with Gasteiger partial charge in [0.25, 0.3) is 5.91 Å². The molecule has 29 heavy (non-hydrogen) atoms. The van der Waals surface area contributed by atoms with Crippen LogP contribution in [0.2, 0.25) is 0 Å². The molecule has 0 aliphatic carbocycles. The van der Waals surface area contributed by atoms with Gasteiger partial charge in [-0.2, -0.15) is 0 Å². The van der Waals surface area contributed by atoms with Gasteiger partial charge in [-0.05, 0) is 49.1 Å². The van der Waals surface area contributed by atoms with Gasteiger partial charge < -0.3 is 15.0 Å². The number of aryl methyl sites for hydroxylation is 1. The summed E-state index contributed by atoms with van der Waals surface area (Å²) in [7, 11) is 0. The minimum Gasteiger partial charge on any atom is -0.481 e. The zero-order valence-corrected chi connectivity index (χ0v) is 17.3. The SMILES string of the molecule is Cc1ccc(OC(C)C(=O)NCC(c2cccs2)c2c[nH]c3ccccc23)cc1. The Bertz CT molecular complexity index is 1080. The molecule has 0 saturated carbocycles. The van der Waals surface area contributed by atoms with Gasteiger partial charge in [-0.3, -0.25) is 4.79 Å². The number of aromatic amines is 1. The Hall–Kier alpha value is -3.05. The van der Waals surface area contributed by atoms with E-state index in [1.165, 1.54) is 15.8 Å². The van der Waals surface area contributed by atoms with E-state index in [1.54, 1.807) is 18.3 Å². The summed E-state index contributed by atoms with van der Waals surface area (Å²) in [6, 6.07) is 20.2. The van der Waals surface area contributed by atoms with E-state index in [9.17, 15) is 4.79 Å². The van der Waals surface area contributed by atoms with Crippen LogP contribution in [-0.2, 0) is 4.79 Å². The normalized spacial score (nSPS) is 13.2. The molecule has 2 heterocycles. The molecule has 2 aromatic heterocycles. The number of rotatable bonds is 7. The lowest BCUT2D eigenvalue weighted by atomic mass is 9.96. The van der Waals surface area contributed by atoms with Crippen LogP contribution in [0.25, 0.3) is 10.9 Å². The third kappa shape index (κ3) is 4.35. The molecule has 5 heteroatoms. The molecule has 2 N–H and O–H groups in total. The van der Waals surface area contributed by atoms with Crippen LogP contribution in [0.15, 0.2) is 72.2 Å². The van der Waals surface area contributed by atoms with Gasteiger partial charge in [-0.25, -0.2) is 0 Å². The fourth-order valence-electron chi connectivity index (χ4n) is 3.46. The predicted octanol–water partition coefficient (Wildman–Crippen LogP) is 5.25. The topological polar surface area (TPSA) is 54.1 Å². The Morgan fingerprint density at radius 3 is 2.66 bits per heavy atom. The molecule has 4 aromatic rings. The van der Waals surface area contributed by atoms with Crippen molar-refractivity contribution in [2.24, 2.45) is 0 Å². The molecule has 2 atom stereocenters. The van der Waals surface area contributed by atoms with E-state index in [1.807, 2.05) is 55.6 Å². The lowest BCUT2D eigenvalue weighted by molar-refractivity contribution is -0.127. The number of carbonyl (C=O) groups excluding carboxylic acids is 1. The Morgan fingerprint density at radius 2 is 1.90 bits per heavy atom. The summed E-state index contributed by atoms with van der Waals surface area (Å²) in [6.07, 6.45) is 1.48. The Labute approximate surface area is 174 Å². The maximum Gasteiger partial charge on any atom is 0.260 e. The molecule has 0 saturated heterocycles. The third-order valence-electron chi connectivity index (χ3n) is 5.07. The Kier molecular flexibility index (Phi) is 5.67. The molecule has 0 bridgehead atoms. The number of fused-ring (bicyclic) bond motifs is 1. The highest BCUT2D eigenvalue weighted by molar-refractivity contribution is 7.10. The molecule has 0 aliphatic rings. The van der Waals surface area contributed by atoms with Crippen molar-refractivity contribution in [2.45, 2.75) is 25.9 Å². The molecular formula is C24H24N2O2S. The summed E-state index contributed by atoms with van der Waals surface area (Å²) in [6.45, 7) is 4.32. The van der Waals surface area contributed by atoms with Crippen molar-refractivity contribution in [2.75, 3.05) is 6.54 Å². The number of H-pyrrole nitrogens is 1. The fourth-order valence-corrected chi connectivity index (χ4v) is 4.30. The minimum absolute atomic E-state index is 0.0849. The summed E-state index contributed by atoms with van der Waals surface area (Å²) < 4.78 is 5.80. The second-order valence-electron chi connectivity index (χ2n) is 7.18. The Balaban J connectivity index is 1.48. The summed E-state index contributed by atoms with van der Waals surface area (Å²) in [4.78, 5) is 17.3. The molecule has 4 nitrogen and oxygen atoms in total. The number of para-hydroxylation sites is 1. The van der Waals surface area contributed by atoms with Crippen LogP contribution in [0.3, 0.4) is 0 Å². The fraction of sp³-hybridized carbons (Fsp3) is 0.208. The first-order valence-corrected chi connectivity index (χ1v) is 10.6. The molecule has 2 aromatic carbocycles. The average Bonchev–Trinajstić information content (AvgIpc) is 3.40. The highest BCUT2D eigenvalue weighted by atomic mass is 32.1. The lowest BCUT2D eigenvalue weighted by Crippen LogP contribution is -2.38. The van der Waals surface area contributed by atoms with Crippen molar-refractivity contribution < 1.29 is 9.53 Å². The van der Waals surface area contributed by atoms with Gasteiger partial charge in [0, 0.05) is 34.4 Å². The van der Waals surface area contributed by atoms with Crippen LogP contribution in [0.4, 0.5) is 0 Å². The van der Waals surface area contributed by atoms with Gasteiger partial charge in [0.15, 0.2) is 6.10 Å². The first-order chi connectivity index (χ1) is 14.1. The lowest BCUT2D eigenvalue weighted by Gasteiger charge is -2.19. The maximum absolute atomic E-state index is 12.7. The van der Waals surface area contributed by atoms with Crippen LogP contribution in [0, 0.1) is 6.92 Å². The van der Waals surface area contributed by atoms with E-state index in [4.69, 9.17) is 4.74 Å². The predicted molar refractivity (Wildman–Crippen MR) is 119 cm³/mol. The van der Waals surface area contributed by atoms with Crippen molar-refractivity contribution in [3.05, 3.63) is 88.2 Å². The number of amides is 1. The molecule has 148 valence electrons. The van der Waals surface area contributed by atoms with Gasteiger partial charge in [-0.1, -0.05) is 42.0 Å². The molecular weight excluding hydrogens is 380 g/mol. The van der Waals surface area contributed by atoms with Crippen LogP contribution < -0.4 is 10.1 Å². The zero-order chi connectivity index (χ0) is 20.2. The van der Waals surface area contributed by atoms with Crippen LogP contribution >= 0.6 is 11.3 Å². The molecule has 0 aliphatic heterocycles. The largest absolute Gasteiger partial charge is 0.481 e. The molecule has 0 fully saturated rings. The maximum atomic E-state index is 12.7. The molecule has 0 radical (unpaired) electrons.